The first-order valence-electron chi connectivity index (χ1n) is 8.97. The van der Waals surface area contributed by atoms with E-state index in [9.17, 15) is 24.0 Å². The molecule has 1 aromatic carbocycles. The lowest BCUT2D eigenvalue weighted by Crippen LogP contribution is -2.44. The van der Waals surface area contributed by atoms with Crippen LogP contribution in [0.5, 0.6) is 0 Å². The number of aromatic amines is 1. The molecule has 2 aromatic rings. The molecule has 0 aliphatic carbocycles. The molecule has 29 heavy (non-hydrogen) atoms. The predicted octanol–water partition coefficient (Wildman–Crippen LogP) is -0.0631. The minimum atomic E-state index is -0.897. The van der Waals surface area contributed by atoms with E-state index in [1.54, 1.807) is 12.1 Å². The van der Waals surface area contributed by atoms with Crippen LogP contribution in [0.2, 0.25) is 0 Å². The van der Waals surface area contributed by atoms with Crippen LogP contribution in [0, 0.1) is 5.92 Å². The fraction of sp³-hybridized carbons (Fsp3) is 0.421. The molecular weight excluding hydrogens is 382 g/mol. The van der Waals surface area contributed by atoms with Gasteiger partial charge in [-0.1, -0.05) is 26.0 Å². The SMILES string of the molecule is COC(=O)[C@@H](CC(C)C)NC(=O)COC(=O)Cn1[nH]c(=O)c2ccccc2c1=O. The molecular formula is C19H23N3O7. The van der Waals surface area contributed by atoms with Gasteiger partial charge in [-0.15, -0.1) is 0 Å². The van der Waals surface area contributed by atoms with Crippen LogP contribution in [0.15, 0.2) is 33.9 Å². The summed E-state index contributed by atoms with van der Waals surface area (Å²) >= 11 is 0. The van der Waals surface area contributed by atoms with Crippen LogP contribution in [0.1, 0.15) is 20.3 Å². The second-order valence-electron chi connectivity index (χ2n) is 6.81. The second kappa shape index (κ2) is 9.67. The summed E-state index contributed by atoms with van der Waals surface area (Å²) in [6.07, 6.45) is 0.361. The highest BCUT2D eigenvalue weighted by atomic mass is 16.5. The van der Waals surface area contributed by atoms with Crippen LogP contribution < -0.4 is 16.4 Å². The number of hydrogen-bond donors (Lipinski definition) is 2. The molecule has 0 radical (unpaired) electrons. The standard InChI is InChI=1S/C19H23N3O7/c1-11(2)8-14(19(27)28-3)20-15(23)10-29-16(24)9-22-18(26)13-7-5-4-6-12(13)17(25)21-22/h4-7,11,14H,8-10H2,1-3H3,(H,20,23)(H,21,25)/t14-/m1/s1. The largest absolute Gasteiger partial charge is 0.467 e. The van der Waals surface area contributed by atoms with Crippen LogP contribution in [0.3, 0.4) is 0 Å². The molecule has 156 valence electrons. The number of carbonyl (C=O) groups is 3. The molecule has 1 aromatic heterocycles. The lowest BCUT2D eigenvalue weighted by molar-refractivity contribution is -0.151. The second-order valence-corrected chi connectivity index (χ2v) is 6.81. The van der Waals surface area contributed by atoms with E-state index in [0.717, 1.165) is 4.68 Å². The Kier molecular flexibility index (Phi) is 7.29. The molecule has 1 amide bonds. The van der Waals surface area contributed by atoms with Crippen molar-refractivity contribution < 1.29 is 23.9 Å². The van der Waals surface area contributed by atoms with Gasteiger partial charge in [0.05, 0.1) is 17.9 Å². The molecule has 0 aliphatic heterocycles. The van der Waals surface area contributed by atoms with Crippen molar-refractivity contribution in [3.63, 3.8) is 0 Å². The van der Waals surface area contributed by atoms with E-state index in [1.165, 1.54) is 19.2 Å². The van der Waals surface area contributed by atoms with Crippen molar-refractivity contribution in [2.75, 3.05) is 13.7 Å². The van der Waals surface area contributed by atoms with E-state index in [0.29, 0.717) is 6.42 Å². The number of H-pyrrole nitrogens is 1. The van der Waals surface area contributed by atoms with Gasteiger partial charge in [0.15, 0.2) is 6.61 Å². The summed E-state index contributed by atoms with van der Waals surface area (Å²) in [6, 6.07) is 5.34. The molecule has 10 nitrogen and oxygen atoms in total. The Labute approximate surface area is 165 Å². The number of hydrogen-bond acceptors (Lipinski definition) is 7. The molecule has 0 aliphatic rings. The van der Waals surface area contributed by atoms with E-state index in [2.05, 4.69) is 15.2 Å². The zero-order chi connectivity index (χ0) is 21.6. The van der Waals surface area contributed by atoms with Crippen LogP contribution in [0.4, 0.5) is 0 Å². The number of esters is 2. The lowest BCUT2D eigenvalue weighted by atomic mass is 10.0. The van der Waals surface area contributed by atoms with Gasteiger partial charge >= 0.3 is 11.9 Å². The van der Waals surface area contributed by atoms with Gasteiger partial charge in [0, 0.05) is 0 Å². The molecule has 0 spiro atoms. The molecule has 0 unspecified atom stereocenters. The third-order valence-electron chi connectivity index (χ3n) is 4.06. The van der Waals surface area contributed by atoms with E-state index >= 15 is 0 Å². The van der Waals surface area contributed by atoms with E-state index in [1.807, 2.05) is 13.8 Å². The van der Waals surface area contributed by atoms with Crippen molar-refractivity contribution >= 4 is 28.6 Å². The van der Waals surface area contributed by atoms with E-state index in [4.69, 9.17) is 4.74 Å². The molecule has 0 fully saturated rings. The molecule has 0 bridgehead atoms. The number of rotatable bonds is 8. The maximum Gasteiger partial charge on any atom is 0.328 e. The third-order valence-corrected chi connectivity index (χ3v) is 4.06. The monoisotopic (exact) mass is 405 g/mol. The van der Waals surface area contributed by atoms with Gasteiger partial charge in [0.25, 0.3) is 17.0 Å². The Hall–Kier alpha value is -3.43. The van der Waals surface area contributed by atoms with Gasteiger partial charge in [-0.25, -0.2) is 9.48 Å². The fourth-order valence-electron chi connectivity index (χ4n) is 2.74. The summed E-state index contributed by atoms with van der Waals surface area (Å²) in [4.78, 5) is 60.1. The smallest absolute Gasteiger partial charge is 0.328 e. The van der Waals surface area contributed by atoms with E-state index < -0.39 is 48.2 Å². The first kappa shape index (κ1) is 21.9. The minimum Gasteiger partial charge on any atom is -0.467 e. The summed E-state index contributed by atoms with van der Waals surface area (Å²) in [7, 11) is 1.21. The summed E-state index contributed by atoms with van der Waals surface area (Å²) < 4.78 is 10.3. The van der Waals surface area contributed by atoms with Crippen LogP contribution in [-0.2, 0) is 30.4 Å². The van der Waals surface area contributed by atoms with Crippen LogP contribution in [-0.4, -0.2) is 47.4 Å². The minimum absolute atomic E-state index is 0.124. The molecule has 2 rings (SSSR count). The average Bonchev–Trinajstić information content (AvgIpc) is 2.69. The van der Waals surface area contributed by atoms with Crippen molar-refractivity contribution in [1.29, 1.82) is 0 Å². The summed E-state index contributed by atoms with van der Waals surface area (Å²) in [5.41, 5.74) is -1.09. The predicted molar refractivity (Wildman–Crippen MR) is 103 cm³/mol. The van der Waals surface area contributed by atoms with Crippen LogP contribution in [0.25, 0.3) is 10.8 Å². The molecule has 1 heterocycles. The number of fused-ring (bicyclic) bond motifs is 1. The van der Waals surface area contributed by atoms with Crippen LogP contribution >= 0.6 is 0 Å². The van der Waals surface area contributed by atoms with Crippen molar-refractivity contribution in [3.8, 4) is 0 Å². The lowest BCUT2D eigenvalue weighted by Gasteiger charge is -2.18. The number of benzene rings is 1. The first-order valence-corrected chi connectivity index (χ1v) is 8.97. The highest BCUT2D eigenvalue weighted by Gasteiger charge is 2.23. The Balaban J connectivity index is 1.99. The Morgan fingerprint density at radius 1 is 1.14 bits per heavy atom. The van der Waals surface area contributed by atoms with Gasteiger partial charge in [-0.05, 0) is 24.5 Å². The Morgan fingerprint density at radius 3 is 2.41 bits per heavy atom. The molecule has 0 saturated heterocycles. The number of nitrogens with one attached hydrogen (secondary N) is 2. The maximum atomic E-state index is 12.4. The van der Waals surface area contributed by atoms with Crippen molar-refractivity contribution in [2.45, 2.75) is 32.9 Å². The molecule has 2 N–H and O–H groups in total. The number of aromatic nitrogens is 2. The fourth-order valence-corrected chi connectivity index (χ4v) is 2.74. The summed E-state index contributed by atoms with van der Waals surface area (Å²) in [5.74, 6) is -2.06. The Bertz CT molecular complexity index is 1020. The van der Waals surface area contributed by atoms with E-state index in [-0.39, 0.29) is 16.7 Å². The number of carbonyl (C=O) groups excluding carboxylic acids is 3. The van der Waals surface area contributed by atoms with Gasteiger partial charge in [-0.3, -0.25) is 24.3 Å². The van der Waals surface area contributed by atoms with Gasteiger partial charge < -0.3 is 14.8 Å². The van der Waals surface area contributed by atoms with Crippen molar-refractivity contribution in [3.05, 3.63) is 45.0 Å². The number of amides is 1. The summed E-state index contributed by atoms with van der Waals surface area (Å²) in [5, 5.41) is 5.12. The maximum absolute atomic E-state index is 12.4. The zero-order valence-corrected chi connectivity index (χ0v) is 16.4. The first-order chi connectivity index (χ1) is 13.7. The van der Waals surface area contributed by atoms with Gasteiger partial charge in [0.1, 0.15) is 12.6 Å². The topological polar surface area (TPSA) is 137 Å². The highest BCUT2D eigenvalue weighted by molar-refractivity contribution is 5.86. The normalized spacial score (nSPS) is 11.9. The van der Waals surface area contributed by atoms with Gasteiger partial charge in [0.2, 0.25) is 0 Å². The number of nitrogens with zero attached hydrogens (tertiary/aromatic N) is 1. The quantitative estimate of drug-likeness (QED) is 0.587. The summed E-state index contributed by atoms with van der Waals surface area (Å²) in [6.45, 7) is 2.55. The Morgan fingerprint density at radius 2 is 1.79 bits per heavy atom. The highest BCUT2D eigenvalue weighted by Crippen LogP contribution is 2.06. The number of ether oxygens (including phenoxy) is 2. The molecule has 1 atom stereocenters. The van der Waals surface area contributed by atoms with Gasteiger partial charge in [-0.2, -0.15) is 0 Å². The van der Waals surface area contributed by atoms with Crippen molar-refractivity contribution in [1.82, 2.24) is 15.1 Å². The average molecular weight is 405 g/mol. The number of methoxy groups -OCH3 is 1. The molecule has 10 heteroatoms. The third kappa shape index (κ3) is 5.77. The zero-order valence-electron chi connectivity index (χ0n) is 16.4. The molecule has 0 saturated carbocycles. The van der Waals surface area contributed by atoms with Crippen molar-refractivity contribution in [2.24, 2.45) is 5.92 Å².